The van der Waals surface area contributed by atoms with Gasteiger partial charge in [0, 0.05) is 5.69 Å². The molecule has 22 heavy (non-hydrogen) atoms. The smallest absolute Gasteiger partial charge is 0.416 e. The van der Waals surface area contributed by atoms with Crippen LogP contribution in [0.1, 0.15) is 11.3 Å². The lowest BCUT2D eigenvalue weighted by molar-refractivity contribution is -0.886. The summed E-state index contributed by atoms with van der Waals surface area (Å²) >= 11 is 0. The molecule has 0 saturated heterocycles. The number of anilines is 1. The van der Waals surface area contributed by atoms with Crippen molar-refractivity contribution in [2.24, 2.45) is 0 Å². The molecule has 0 radical (unpaired) electrons. The van der Waals surface area contributed by atoms with Crippen molar-refractivity contribution in [1.82, 2.24) is 0 Å². The highest BCUT2D eigenvalue weighted by molar-refractivity contribution is 5.91. The van der Waals surface area contributed by atoms with Crippen LogP contribution < -0.4 is 10.2 Å². The van der Waals surface area contributed by atoms with Crippen LogP contribution >= 0.6 is 0 Å². The van der Waals surface area contributed by atoms with E-state index in [2.05, 4.69) is 5.32 Å². The molecular formula is C15H16F3N2O2+. The van der Waals surface area contributed by atoms with E-state index < -0.39 is 11.7 Å². The van der Waals surface area contributed by atoms with Gasteiger partial charge >= 0.3 is 6.18 Å². The van der Waals surface area contributed by atoms with Gasteiger partial charge in [0.15, 0.2) is 12.3 Å². The van der Waals surface area contributed by atoms with Gasteiger partial charge in [-0.1, -0.05) is 6.07 Å². The van der Waals surface area contributed by atoms with Crippen molar-refractivity contribution in [3.63, 3.8) is 0 Å². The van der Waals surface area contributed by atoms with Crippen LogP contribution in [0, 0.1) is 0 Å². The molecule has 0 spiro atoms. The average Bonchev–Trinajstić information content (AvgIpc) is 2.90. The van der Waals surface area contributed by atoms with Crippen LogP contribution in [0.3, 0.4) is 0 Å². The molecule has 1 unspecified atom stereocenters. The molecule has 2 N–H and O–H groups in total. The Hall–Kier alpha value is -2.28. The number of alkyl halides is 3. The van der Waals surface area contributed by atoms with Gasteiger partial charge in [-0.2, -0.15) is 13.2 Å². The van der Waals surface area contributed by atoms with E-state index in [1.165, 1.54) is 12.1 Å². The molecule has 7 heteroatoms. The second-order valence-electron chi connectivity index (χ2n) is 5.02. The lowest BCUT2D eigenvalue weighted by atomic mass is 10.2. The first kappa shape index (κ1) is 16.1. The quantitative estimate of drug-likeness (QED) is 0.886. The van der Waals surface area contributed by atoms with Crippen LogP contribution in [0.5, 0.6) is 0 Å². The third-order valence-electron chi connectivity index (χ3n) is 2.99. The highest BCUT2D eigenvalue weighted by atomic mass is 19.4. The number of likely N-dealkylation sites (N-methyl/N-ethyl adjacent to an activating group) is 1. The highest BCUT2D eigenvalue weighted by Crippen LogP contribution is 2.30. The van der Waals surface area contributed by atoms with Crippen LogP contribution in [-0.4, -0.2) is 19.5 Å². The van der Waals surface area contributed by atoms with Gasteiger partial charge in [0.25, 0.3) is 5.91 Å². The first-order valence-corrected chi connectivity index (χ1v) is 6.65. The fourth-order valence-electron chi connectivity index (χ4n) is 2.03. The van der Waals surface area contributed by atoms with E-state index in [1.807, 2.05) is 0 Å². The van der Waals surface area contributed by atoms with Gasteiger partial charge in [0.05, 0.1) is 18.9 Å². The van der Waals surface area contributed by atoms with E-state index >= 15 is 0 Å². The Labute approximate surface area is 125 Å². The first-order valence-electron chi connectivity index (χ1n) is 6.65. The zero-order chi connectivity index (χ0) is 16.2. The van der Waals surface area contributed by atoms with Crippen molar-refractivity contribution in [3.05, 3.63) is 54.0 Å². The average molecular weight is 313 g/mol. The number of rotatable bonds is 5. The van der Waals surface area contributed by atoms with E-state index in [-0.39, 0.29) is 18.1 Å². The molecule has 0 bridgehead atoms. The SMILES string of the molecule is C[NH+](CC(=O)Nc1cccc(C(F)(F)F)c1)Cc1ccco1. The number of hydrogen-bond donors (Lipinski definition) is 2. The highest BCUT2D eigenvalue weighted by Gasteiger charge is 2.30. The van der Waals surface area contributed by atoms with Gasteiger partial charge in [-0.15, -0.1) is 0 Å². The molecule has 1 aromatic heterocycles. The first-order chi connectivity index (χ1) is 10.3. The maximum absolute atomic E-state index is 12.6. The summed E-state index contributed by atoms with van der Waals surface area (Å²) in [6.07, 6.45) is -2.88. The van der Waals surface area contributed by atoms with E-state index in [4.69, 9.17) is 4.42 Å². The summed E-state index contributed by atoms with van der Waals surface area (Å²) in [5.41, 5.74) is -0.660. The van der Waals surface area contributed by atoms with Crippen molar-refractivity contribution in [2.45, 2.75) is 12.7 Å². The molecule has 0 saturated carbocycles. The van der Waals surface area contributed by atoms with Crippen LogP contribution in [0.25, 0.3) is 0 Å². The van der Waals surface area contributed by atoms with Crippen LogP contribution in [0.4, 0.5) is 18.9 Å². The number of quaternary nitrogens is 1. The fraction of sp³-hybridized carbons (Fsp3) is 0.267. The maximum Gasteiger partial charge on any atom is 0.416 e. The summed E-state index contributed by atoms with van der Waals surface area (Å²) in [5.74, 6) is 0.382. The summed E-state index contributed by atoms with van der Waals surface area (Å²) in [4.78, 5) is 12.7. The third kappa shape index (κ3) is 4.63. The number of furan rings is 1. The monoisotopic (exact) mass is 313 g/mol. The Morgan fingerprint density at radius 3 is 2.68 bits per heavy atom. The fourth-order valence-corrected chi connectivity index (χ4v) is 2.03. The lowest BCUT2D eigenvalue weighted by Crippen LogP contribution is -3.08. The summed E-state index contributed by atoms with van der Waals surface area (Å²) in [6, 6.07) is 8.12. The van der Waals surface area contributed by atoms with E-state index in [9.17, 15) is 18.0 Å². The molecule has 1 atom stereocenters. The predicted molar refractivity (Wildman–Crippen MR) is 74.2 cm³/mol. The number of halogens is 3. The van der Waals surface area contributed by atoms with Gasteiger partial charge in [-0.3, -0.25) is 4.79 Å². The zero-order valence-corrected chi connectivity index (χ0v) is 11.9. The summed E-state index contributed by atoms with van der Waals surface area (Å²) in [6.45, 7) is 0.639. The molecule has 2 rings (SSSR count). The molecule has 0 fully saturated rings. The van der Waals surface area contributed by atoms with Gasteiger partial charge in [0.2, 0.25) is 0 Å². The van der Waals surface area contributed by atoms with Crippen molar-refractivity contribution in [1.29, 1.82) is 0 Å². The van der Waals surface area contributed by atoms with E-state index in [1.54, 1.807) is 25.4 Å². The normalized spacial score (nSPS) is 12.9. The summed E-state index contributed by atoms with van der Waals surface area (Å²) in [7, 11) is 1.80. The second kappa shape index (κ2) is 6.65. The number of benzene rings is 1. The molecule has 1 heterocycles. The van der Waals surface area contributed by atoms with Gasteiger partial charge in [-0.25, -0.2) is 0 Å². The summed E-state index contributed by atoms with van der Waals surface area (Å²) in [5, 5.41) is 2.47. The number of carbonyl (C=O) groups excluding carboxylic acids is 1. The molecule has 4 nitrogen and oxygen atoms in total. The maximum atomic E-state index is 12.6. The second-order valence-corrected chi connectivity index (χ2v) is 5.02. The number of carbonyl (C=O) groups is 1. The predicted octanol–water partition coefficient (Wildman–Crippen LogP) is 1.95. The number of hydrogen-bond acceptors (Lipinski definition) is 2. The van der Waals surface area contributed by atoms with Crippen molar-refractivity contribution in [3.8, 4) is 0 Å². The van der Waals surface area contributed by atoms with Gasteiger partial charge < -0.3 is 14.6 Å². The Bertz CT molecular complexity index is 624. The van der Waals surface area contributed by atoms with Gasteiger partial charge in [0.1, 0.15) is 6.54 Å². The van der Waals surface area contributed by atoms with Crippen molar-refractivity contribution < 1.29 is 27.3 Å². The topological polar surface area (TPSA) is 46.7 Å². The molecule has 1 amide bonds. The molecule has 1 aromatic carbocycles. The minimum atomic E-state index is -4.43. The van der Waals surface area contributed by atoms with E-state index in [0.717, 1.165) is 22.8 Å². The van der Waals surface area contributed by atoms with Gasteiger partial charge in [-0.05, 0) is 30.3 Å². The largest absolute Gasteiger partial charge is 0.463 e. The minimum Gasteiger partial charge on any atom is -0.463 e. The van der Waals surface area contributed by atoms with Crippen LogP contribution in [0.2, 0.25) is 0 Å². The standard InChI is InChI=1S/C15H15F3N2O2/c1-20(9-13-6-3-7-22-13)10-14(21)19-12-5-2-4-11(8-12)15(16,17)18/h2-8H,9-10H2,1H3,(H,19,21)/p+1. The van der Waals surface area contributed by atoms with Crippen LogP contribution in [0.15, 0.2) is 47.1 Å². The third-order valence-corrected chi connectivity index (χ3v) is 2.99. The zero-order valence-electron chi connectivity index (χ0n) is 11.9. The van der Waals surface area contributed by atoms with E-state index in [0.29, 0.717) is 6.54 Å². The molecule has 0 aliphatic rings. The van der Waals surface area contributed by atoms with Crippen molar-refractivity contribution >= 4 is 11.6 Å². The lowest BCUT2D eigenvalue weighted by Gasteiger charge is -2.13. The molecule has 0 aliphatic heterocycles. The Kier molecular flexibility index (Phi) is 4.87. The van der Waals surface area contributed by atoms with Crippen molar-refractivity contribution in [2.75, 3.05) is 18.9 Å². The number of amides is 1. The molecule has 0 aliphatic carbocycles. The molecule has 2 aromatic rings. The summed E-state index contributed by atoms with van der Waals surface area (Å²) < 4.78 is 43.0. The number of nitrogens with one attached hydrogen (secondary N) is 2. The molecular weight excluding hydrogens is 297 g/mol. The Morgan fingerprint density at radius 2 is 2.05 bits per heavy atom. The van der Waals surface area contributed by atoms with Crippen LogP contribution in [-0.2, 0) is 17.5 Å². The Balaban J connectivity index is 1.91. The Morgan fingerprint density at radius 1 is 1.27 bits per heavy atom. The molecule has 118 valence electrons. The minimum absolute atomic E-state index is 0.122.